The van der Waals surface area contributed by atoms with Crippen LogP contribution in [0.3, 0.4) is 0 Å². The summed E-state index contributed by atoms with van der Waals surface area (Å²) < 4.78 is 16.8. The van der Waals surface area contributed by atoms with Crippen molar-refractivity contribution < 1.29 is 23.8 Å². The molecule has 39 heavy (non-hydrogen) atoms. The first-order chi connectivity index (χ1) is 18.3. The molecule has 0 spiro atoms. The molecule has 0 aliphatic carbocycles. The molecule has 0 amide bonds. The Bertz CT molecular complexity index is 1020. The van der Waals surface area contributed by atoms with Gasteiger partial charge in [0.25, 0.3) is 0 Å². The van der Waals surface area contributed by atoms with Crippen molar-refractivity contribution in [2.45, 2.75) is 97.5 Å². The maximum absolute atomic E-state index is 13.3. The lowest BCUT2D eigenvalue weighted by Crippen LogP contribution is -2.32. The van der Waals surface area contributed by atoms with Crippen molar-refractivity contribution in [2.24, 2.45) is 11.8 Å². The summed E-state index contributed by atoms with van der Waals surface area (Å²) in [6, 6.07) is 17.4. The Morgan fingerprint density at radius 3 is 1.92 bits per heavy atom. The summed E-state index contributed by atoms with van der Waals surface area (Å²) in [6.07, 6.45) is 4.48. The third kappa shape index (κ3) is 12.4. The fourth-order valence-electron chi connectivity index (χ4n) is 4.41. The Balaban J connectivity index is 2.15. The number of carbonyl (C=O) groups is 2. The van der Waals surface area contributed by atoms with Gasteiger partial charge in [0.1, 0.15) is 11.4 Å². The molecule has 2 rings (SSSR count). The van der Waals surface area contributed by atoms with Gasteiger partial charge in [-0.1, -0.05) is 75.8 Å². The maximum Gasteiger partial charge on any atom is 0.309 e. The monoisotopic (exact) mass is 554 g/mol. The molecule has 0 fully saturated rings. The summed E-state index contributed by atoms with van der Waals surface area (Å²) in [4.78, 5) is 26.4. The minimum Gasteiger partial charge on any atom is -0.497 e. The zero-order valence-electron chi connectivity index (χ0n) is 25.5. The predicted octanol–water partition coefficient (Wildman–Crippen LogP) is 8.33. The summed E-state index contributed by atoms with van der Waals surface area (Å²) in [5, 5.41) is 0. The first kappa shape index (κ1) is 32.6. The Hall–Kier alpha value is -2.60. The largest absolute Gasteiger partial charge is 0.497 e. The molecule has 5 nitrogen and oxygen atoms in total. The summed E-state index contributed by atoms with van der Waals surface area (Å²) in [5.74, 6) is -0.215. The van der Waals surface area contributed by atoms with Crippen LogP contribution >= 0.6 is 0 Å². The lowest BCUT2D eigenvalue weighted by molar-refractivity contribution is -0.162. The fraction of sp³-hybridized carbons (Fsp3) is 0.576. The normalized spacial score (nSPS) is 13.4. The van der Waals surface area contributed by atoms with Crippen LogP contribution in [-0.4, -0.2) is 39.3 Å². The molecule has 0 aromatic heterocycles. The van der Waals surface area contributed by atoms with Gasteiger partial charge >= 0.3 is 11.9 Å². The van der Waals surface area contributed by atoms with Gasteiger partial charge in [-0.05, 0) is 81.3 Å². The van der Waals surface area contributed by atoms with Gasteiger partial charge in [0.2, 0.25) is 0 Å². The second kappa shape index (κ2) is 15.3. The van der Waals surface area contributed by atoms with Gasteiger partial charge in [-0.2, -0.15) is 0 Å². The first-order valence-electron chi connectivity index (χ1n) is 14.4. The molecule has 0 aliphatic rings. The number of unbranched alkanes of at least 4 members (excludes halogenated alkanes) is 1. The van der Waals surface area contributed by atoms with Crippen molar-refractivity contribution in [1.29, 1.82) is 0 Å². The number of esters is 2. The molecule has 0 saturated heterocycles. The third-order valence-corrected chi connectivity index (χ3v) is 8.51. The van der Waals surface area contributed by atoms with Crippen LogP contribution in [0.25, 0.3) is 11.1 Å². The van der Waals surface area contributed by atoms with Crippen LogP contribution in [0.15, 0.2) is 48.5 Å². The van der Waals surface area contributed by atoms with Gasteiger partial charge in [-0.25, -0.2) is 0 Å². The van der Waals surface area contributed by atoms with Crippen molar-refractivity contribution in [3.8, 4) is 16.9 Å². The lowest BCUT2D eigenvalue weighted by Gasteiger charge is -2.26. The summed E-state index contributed by atoms with van der Waals surface area (Å²) in [6.45, 7) is 15.1. The number of carbonyl (C=O) groups excluding carboxylic acids is 2. The van der Waals surface area contributed by atoms with Crippen molar-refractivity contribution >= 4 is 20.0 Å². The Kier molecular flexibility index (Phi) is 12.8. The molecule has 0 saturated carbocycles. The molecule has 0 aliphatic heterocycles. The van der Waals surface area contributed by atoms with E-state index >= 15 is 0 Å². The standard InChI is InChI=1S/C33H50O5Si/c1-9-10-11-28(32(35)38-33(2,3)4)24-29(31(34)37-22-23-39(6,7)8)17-14-25-12-15-26(16-13-25)27-18-20-30(36-5)21-19-27/h12-13,15-16,18-21,28-29H,9-11,14,17,22-24H2,1-8H3/t28-,29-/m0/s1. The molecule has 2 atom stereocenters. The smallest absolute Gasteiger partial charge is 0.309 e. The number of methoxy groups -OCH3 is 1. The lowest BCUT2D eigenvalue weighted by atomic mass is 9.86. The van der Waals surface area contributed by atoms with E-state index in [0.717, 1.165) is 54.2 Å². The fourth-order valence-corrected chi connectivity index (χ4v) is 5.12. The maximum atomic E-state index is 13.3. The van der Waals surface area contributed by atoms with Crippen molar-refractivity contribution in [1.82, 2.24) is 0 Å². The van der Waals surface area contributed by atoms with Crippen LogP contribution < -0.4 is 4.74 Å². The van der Waals surface area contributed by atoms with E-state index in [-0.39, 0.29) is 23.8 Å². The van der Waals surface area contributed by atoms with E-state index < -0.39 is 13.7 Å². The Morgan fingerprint density at radius 1 is 0.846 bits per heavy atom. The van der Waals surface area contributed by atoms with Crippen LogP contribution in [0.5, 0.6) is 5.75 Å². The number of hydrogen-bond acceptors (Lipinski definition) is 5. The summed E-state index contributed by atoms with van der Waals surface area (Å²) in [5.41, 5.74) is 2.87. The van der Waals surface area contributed by atoms with Gasteiger partial charge in [0.15, 0.2) is 0 Å². The molecule has 0 unspecified atom stereocenters. The number of ether oxygens (including phenoxy) is 3. The molecular weight excluding hydrogens is 504 g/mol. The topological polar surface area (TPSA) is 61.8 Å². The van der Waals surface area contributed by atoms with Crippen molar-refractivity contribution in [3.63, 3.8) is 0 Å². The second-order valence-electron chi connectivity index (χ2n) is 12.7. The van der Waals surface area contributed by atoms with Crippen molar-refractivity contribution in [3.05, 3.63) is 54.1 Å². The molecule has 2 aromatic rings. The van der Waals surface area contributed by atoms with E-state index in [2.05, 4.69) is 50.8 Å². The zero-order valence-corrected chi connectivity index (χ0v) is 26.5. The van der Waals surface area contributed by atoms with Crippen LogP contribution in [0, 0.1) is 11.8 Å². The average molecular weight is 555 g/mol. The van der Waals surface area contributed by atoms with Gasteiger partial charge in [0.05, 0.1) is 25.6 Å². The van der Waals surface area contributed by atoms with Crippen LogP contribution in [0.2, 0.25) is 25.7 Å². The SMILES string of the molecule is CCCC[C@@H](C[C@H](CCc1ccc(-c2ccc(OC)cc2)cc1)C(=O)OCC[Si](C)(C)C)C(=O)OC(C)(C)C. The highest BCUT2D eigenvalue weighted by Gasteiger charge is 2.31. The minimum atomic E-state index is -1.32. The van der Waals surface area contributed by atoms with Gasteiger partial charge in [-0.15, -0.1) is 0 Å². The molecule has 0 heterocycles. The summed E-state index contributed by atoms with van der Waals surface area (Å²) in [7, 11) is 0.344. The van der Waals surface area contributed by atoms with E-state index in [9.17, 15) is 9.59 Å². The molecule has 216 valence electrons. The first-order valence-corrected chi connectivity index (χ1v) is 18.1. The van der Waals surface area contributed by atoms with E-state index in [4.69, 9.17) is 14.2 Å². The zero-order chi connectivity index (χ0) is 29.1. The van der Waals surface area contributed by atoms with Crippen molar-refractivity contribution in [2.75, 3.05) is 13.7 Å². The van der Waals surface area contributed by atoms with Gasteiger partial charge < -0.3 is 14.2 Å². The van der Waals surface area contributed by atoms with E-state index in [0.29, 0.717) is 19.4 Å². The van der Waals surface area contributed by atoms with Gasteiger partial charge in [0, 0.05) is 8.07 Å². The molecule has 0 radical (unpaired) electrons. The molecule has 6 heteroatoms. The Labute approximate surface area is 237 Å². The Morgan fingerprint density at radius 2 is 1.41 bits per heavy atom. The molecule has 2 aromatic carbocycles. The highest BCUT2D eigenvalue weighted by Crippen LogP contribution is 2.28. The van der Waals surface area contributed by atoms with Crippen LogP contribution in [0.4, 0.5) is 0 Å². The number of aryl methyl sites for hydroxylation is 1. The number of rotatable bonds is 15. The highest BCUT2D eigenvalue weighted by molar-refractivity contribution is 6.76. The molecule has 0 bridgehead atoms. The van der Waals surface area contributed by atoms with Crippen LogP contribution in [-0.2, 0) is 25.5 Å². The quantitative estimate of drug-likeness (QED) is 0.164. The summed E-state index contributed by atoms with van der Waals surface area (Å²) >= 11 is 0. The molecular formula is C33H50O5Si. The highest BCUT2D eigenvalue weighted by atomic mass is 28.3. The number of hydrogen-bond donors (Lipinski definition) is 0. The molecule has 0 N–H and O–H groups in total. The van der Waals surface area contributed by atoms with E-state index in [1.165, 1.54) is 0 Å². The number of benzene rings is 2. The average Bonchev–Trinajstić information content (AvgIpc) is 2.86. The minimum absolute atomic E-state index is 0.187. The second-order valence-corrected chi connectivity index (χ2v) is 18.4. The predicted molar refractivity (Wildman–Crippen MR) is 163 cm³/mol. The third-order valence-electron chi connectivity index (χ3n) is 6.80. The van der Waals surface area contributed by atoms with E-state index in [1.807, 2.05) is 45.0 Å². The van der Waals surface area contributed by atoms with Crippen LogP contribution in [0.1, 0.15) is 65.4 Å². The van der Waals surface area contributed by atoms with Gasteiger partial charge in [-0.3, -0.25) is 9.59 Å². The van der Waals surface area contributed by atoms with E-state index in [1.54, 1.807) is 7.11 Å².